The first kappa shape index (κ1) is 22.5. The van der Waals surface area contributed by atoms with E-state index in [0.29, 0.717) is 11.6 Å². The molecule has 3 aromatic heterocycles. The van der Waals surface area contributed by atoms with Crippen LogP contribution in [-0.4, -0.2) is 20.1 Å². The van der Waals surface area contributed by atoms with Gasteiger partial charge >= 0.3 is 19.8 Å². The molecule has 0 N–H and O–H groups in total. The zero-order valence-corrected chi connectivity index (χ0v) is 20.4. The summed E-state index contributed by atoms with van der Waals surface area (Å²) in [5.41, 5.74) is 5.15. The van der Waals surface area contributed by atoms with Gasteiger partial charge in [0.2, 0.25) is 0 Å². The van der Waals surface area contributed by atoms with Gasteiger partial charge in [0.1, 0.15) is 0 Å². The Labute approximate surface area is 205 Å². The Balaban J connectivity index is 0.000000152. The molecule has 1 aromatic carbocycles. The molecule has 6 heteroatoms. The van der Waals surface area contributed by atoms with Crippen molar-refractivity contribution in [3.8, 4) is 33.9 Å². The second kappa shape index (κ2) is 10.2. The fourth-order valence-electron chi connectivity index (χ4n) is 3.51. The van der Waals surface area contributed by atoms with Gasteiger partial charge in [0.25, 0.3) is 0 Å². The zero-order valence-electron chi connectivity index (χ0n) is 17.8. The molecule has 5 nitrogen and oxygen atoms in total. The third kappa shape index (κ3) is 5.03. The zero-order chi connectivity index (χ0) is 21.8. The van der Waals surface area contributed by atoms with Gasteiger partial charge in [0.15, 0.2) is 0 Å². The normalized spacial score (nSPS) is 10.3. The molecule has 3 heterocycles. The molecule has 0 radical (unpaired) electrons. The Bertz CT molecular complexity index is 1410. The molecule has 0 saturated heterocycles. The molecule has 33 heavy (non-hydrogen) atoms. The quantitative estimate of drug-likeness (QED) is 0.241. The summed E-state index contributed by atoms with van der Waals surface area (Å²) in [6.07, 6.45) is 3.57. The van der Waals surface area contributed by atoms with Gasteiger partial charge in [-0.15, -0.1) is 34.9 Å². The molecule has 0 spiro atoms. The van der Waals surface area contributed by atoms with Gasteiger partial charge in [-0.1, -0.05) is 60.7 Å². The predicted octanol–water partition coefficient (Wildman–Crippen LogP) is 5.61. The maximum Gasteiger partial charge on any atom is 2.00 e. The van der Waals surface area contributed by atoms with E-state index in [1.807, 2.05) is 73.7 Å². The Morgan fingerprint density at radius 3 is 2.39 bits per heavy atom. The van der Waals surface area contributed by atoms with Gasteiger partial charge < -0.3 is 10.1 Å². The summed E-state index contributed by atoms with van der Waals surface area (Å²) in [6, 6.07) is 31.7. The van der Waals surface area contributed by atoms with Crippen LogP contribution in [-0.2, 0) is 19.8 Å². The van der Waals surface area contributed by atoms with E-state index in [1.165, 1.54) is 5.56 Å². The molecule has 0 fully saturated rings. The number of aryl methyl sites for hydroxylation is 1. The van der Waals surface area contributed by atoms with E-state index >= 15 is 0 Å². The van der Waals surface area contributed by atoms with Crippen LogP contribution in [0.5, 0.6) is 0 Å². The number of nitrogens with zero attached hydrogens (tertiary/aromatic N) is 5. The van der Waals surface area contributed by atoms with E-state index in [-0.39, 0.29) is 19.8 Å². The second-order valence-corrected chi connectivity index (χ2v) is 7.24. The molecule has 0 aliphatic heterocycles. The standard InChI is InChI=1S/C15H10N.C12H9N4.Os/c1-2-6-12-10-14(11-13(12)7-3-1)15-8-4-5-9-16-15;1-8-14-12(16-15-8)11-10-5-3-2-4-9(10)6-7-13-11;/h1-10H;2-7H,1H3;/q2*-1;+2. The molecule has 2 aliphatic rings. The number of rotatable bonds is 2. The topological polar surface area (TPSA) is 65.7 Å². The van der Waals surface area contributed by atoms with Gasteiger partial charge in [-0.25, -0.2) is 0 Å². The van der Waals surface area contributed by atoms with Crippen LogP contribution in [0, 0.1) is 13.0 Å². The Morgan fingerprint density at radius 1 is 0.758 bits per heavy atom. The van der Waals surface area contributed by atoms with Crippen molar-refractivity contribution in [2.45, 2.75) is 6.92 Å². The average Bonchev–Trinajstić information content (AvgIpc) is 3.40. The number of benzene rings is 1. The molecule has 0 atom stereocenters. The Hall–Kier alpha value is -3.74. The summed E-state index contributed by atoms with van der Waals surface area (Å²) in [7, 11) is 0. The van der Waals surface area contributed by atoms with Crippen LogP contribution in [0.2, 0.25) is 0 Å². The number of pyridine rings is 2. The van der Waals surface area contributed by atoms with Crippen LogP contribution in [0.4, 0.5) is 0 Å². The van der Waals surface area contributed by atoms with Crippen LogP contribution in [0.25, 0.3) is 44.7 Å². The van der Waals surface area contributed by atoms with Crippen LogP contribution >= 0.6 is 0 Å². The van der Waals surface area contributed by atoms with E-state index in [1.54, 1.807) is 12.4 Å². The summed E-state index contributed by atoms with van der Waals surface area (Å²) in [5.74, 6) is 1.26. The average molecular weight is 604 g/mol. The van der Waals surface area contributed by atoms with Crippen molar-refractivity contribution >= 4 is 10.8 Å². The Kier molecular flexibility index (Phi) is 6.97. The molecule has 0 saturated carbocycles. The maximum atomic E-state index is 4.33. The van der Waals surface area contributed by atoms with E-state index in [9.17, 15) is 0 Å². The minimum atomic E-state index is 0. The Morgan fingerprint density at radius 2 is 1.58 bits per heavy atom. The molecule has 4 aromatic rings. The molecule has 0 bridgehead atoms. The van der Waals surface area contributed by atoms with Crippen molar-refractivity contribution in [1.29, 1.82) is 0 Å². The van der Waals surface area contributed by atoms with Gasteiger partial charge in [0.05, 0.1) is 5.69 Å². The third-order valence-corrected chi connectivity index (χ3v) is 5.02. The molecular weight excluding hydrogens is 585 g/mol. The first-order valence-corrected chi connectivity index (χ1v) is 10.3. The van der Waals surface area contributed by atoms with E-state index in [0.717, 1.165) is 33.3 Å². The van der Waals surface area contributed by atoms with Crippen molar-refractivity contribution in [2.75, 3.05) is 0 Å². The fourth-order valence-corrected chi connectivity index (χ4v) is 3.51. The van der Waals surface area contributed by atoms with Crippen molar-refractivity contribution < 1.29 is 19.8 Å². The second-order valence-electron chi connectivity index (χ2n) is 7.24. The summed E-state index contributed by atoms with van der Waals surface area (Å²) < 4.78 is 0. The van der Waals surface area contributed by atoms with Gasteiger partial charge in [-0.2, -0.15) is 0 Å². The number of aromatic nitrogens is 5. The van der Waals surface area contributed by atoms with Gasteiger partial charge in [0, 0.05) is 29.3 Å². The van der Waals surface area contributed by atoms with Gasteiger partial charge in [-0.3, -0.25) is 15.1 Å². The monoisotopic (exact) mass is 605 g/mol. The fraction of sp³-hybridized carbons (Fsp3) is 0.0370. The van der Waals surface area contributed by atoms with Crippen molar-refractivity contribution in [1.82, 2.24) is 25.1 Å². The number of fused-ring (bicyclic) bond motifs is 2. The van der Waals surface area contributed by atoms with Crippen molar-refractivity contribution in [2.24, 2.45) is 0 Å². The summed E-state index contributed by atoms with van der Waals surface area (Å²) in [4.78, 5) is 12.9. The van der Waals surface area contributed by atoms with Gasteiger partial charge in [-0.05, 0) is 30.3 Å². The maximum absolute atomic E-state index is 4.33. The number of hydrogen-bond acceptors (Lipinski definition) is 4. The van der Waals surface area contributed by atoms with Crippen LogP contribution in [0.15, 0.2) is 97.3 Å². The minimum absolute atomic E-state index is 0. The van der Waals surface area contributed by atoms with E-state index in [4.69, 9.17) is 0 Å². The predicted molar refractivity (Wildman–Crippen MR) is 126 cm³/mol. The third-order valence-electron chi connectivity index (χ3n) is 5.02. The minimum Gasteiger partial charge on any atom is -0.421 e. The molecular formula is C27H19N5Os. The van der Waals surface area contributed by atoms with Crippen molar-refractivity contribution in [3.05, 3.63) is 109 Å². The van der Waals surface area contributed by atoms with Crippen molar-refractivity contribution in [3.63, 3.8) is 0 Å². The summed E-state index contributed by atoms with van der Waals surface area (Å²) >= 11 is 0. The SMILES string of the molecule is Cc1n[n-]c(-c2nccc3ccccc23)n1.[Os+2].[c-]1c2cccccc-2cc1-c1ccccn1. The van der Waals surface area contributed by atoms with Crippen LogP contribution < -0.4 is 5.10 Å². The van der Waals surface area contributed by atoms with E-state index in [2.05, 4.69) is 49.4 Å². The molecule has 0 amide bonds. The smallest absolute Gasteiger partial charge is 0.421 e. The number of hydrogen-bond donors (Lipinski definition) is 0. The van der Waals surface area contributed by atoms with E-state index < -0.39 is 0 Å². The molecule has 160 valence electrons. The first-order valence-electron chi connectivity index (χ1n) is 10.3. The molecule has 2 aliphatic carbocycles. The van der Waals surface area contributed by atoms with Crippen LogP contribution in [0.1, 0.15) is 5.82 Å². The van der Waals surface area contributed by atoms with Crippen LogP contribution in [0.3, 0.4) is 0 Å². The largest absolute Gasteiger partial charge is 2.00 e. The molecule has 6 rings (SSSR count). The molecule has 0 unspecified atom stereocenters. The summed E-state index contributed by atoms with van der Waals surface area (Å²) in [6.45, 7) is 1.82. The summed E-state index contributed by atoms with van der Waals surface area (Å²) in [5, 5.41) is 10.1. The first-order chi connectivity index (χ1) is 15.8.